The normalized spacial score (nSPS) is 11.1. The Hall–Kier alpha value is -2.66. The fourth-order valence-corrected chi connectivity index (χ4v) is 5.88. The van der Waals surface area contributed by atoms with Crippen molar-refractivity contribution in [2.75, 3.05) is 18.1 Å². The number of hydrogen-bond donors (Lipinski definition) is 0. The van der Waals surface area contributed by atoms with Gasteiger partial charge < -0.3 is 9.64 Å². The maximum absolute atomic E-state index is 12.7. The number of benzene rings is 2. The Morgan fingerprint density at radius 1 is 0.875 bits per heavy atom. The molecule has 218 valence electrons. The maximum atomic E-state index is 12.7. The monoisotopic (exact) mass is 563 g/mol. The Balaban J connectivity index is 1.38. The number of nitrogens with zero attached hydrogens (tertiary/aromatic N) is 2. The van der Waals surface area contributed by atoms with Gasteiger partial charge >= 0.3 is 0 Å². The van der Waals surface area contributed by atoms with Gasteiger partial charge in [-0.05, 0) is 43.5 Å². The summed E-state index contributed by atoms with van der Waals surface area (Å²) in [5.74, 6) is 0.998. The summed E-state index contributed by atoms with van der Waals surface area (Å²) in [7, 11) is 0. The molecule has 0 unspecified atom stereocenters. The number of aryl methyl sites for hydroxylation is 1. The van der Waals surface area contributed by atoms with E-state index in [2.05, 4.69) is 60.5 Å². The van der Waals surface area contributed by atoms with Gasteiger partial charge in [-0.1, -0.05) is 119 Å². The van der Waals surface area contributed by atoms with Crippen LogP contribution in [0.3, 0.4) is 0 Å². The van der Waals surface area contributed by atoms with Crippen molar-refractivity contribution >= 4 is 22.9 Å². The van der Waals surface area contributed by atoms with Crippen LogP contribution in [0.5, 0.6) is 5.75 Å². The summed E-state index contributed by atoms with van der Waals surface area (Å²) >= 11 is 1.74. The largest absolute Gasteiger partial charge is 0.494 e. The second-order valence-electron chi connectivity index (χ2n) is 11.1. The number of para-hydroxylation sites is 1. The lowest BCUT2D eigenvalue weighted by Crippen LogP contribution is -2.35. The van der Waals surface area contributed by atoms with E-state index in [0.29, 0.717) is 6.54 Å². The zero-order valence-corrected chi connectivity index (χ0v) is 26.0. The van der Waals surface area contributed by atoms with E-state index < -0.39 is 0 Å². The van der Waals surface area contributed by atoms with Crippen molar-refractivity contribution < 1.29 is 14.1 Å². The van der Waals surface area contributed by atoms with E-state index >= 15 is 0 Å². The molecule has 3 aromatic rings. The quantitative estimate of drug-likeness (QED) is 0.101. The third-order valence-corrected chi connectivity index (χ3v) is 8.38. The Labute approximate surface area is 247 Å². The Bertz CT molecular complexity index is 1130. The second kappa shape index (κ2) is 18.6. The SMILES string of the molecule is CCCCCCCCCCCCCCOc1cccc(CCN(C(C)=O)c2ccccc2C[n+]2csc(C)c2)c1. The highest BCUT2D eigenvalue weighted by atomic mass is 32.1. The van der Waals surface area contributed by atoms with E-state index in [0.717, 1.165) is 43.0 Å². The van der Waals surface area contributed by atoms with Crippen LogP contribution in [0.15, 0.2) is 60.2 Å². The molecule has 1 heterocycles. The summed E-state index contributed by atoms with van der Waals surface area (Å²) in [6.45, 7) is 8.23. The van der Waals surface area contributed by atoms with Crippen LogP contribution in [0.25, 0.3) is 0 Å². The third-order valence-electron chi connectivity index (χ3n) is 7.53. The number of carbonyl (C=O) groups is 1. The van der Waals surface area contributed by atoms with Crippen molar-refractivity contribution in [2.24, 2.45) is 0 Å². The fraction of sp³-hybridized carbons (Fsp3) is 0.543. The molecule has 1 aromatic heterocycles. The minimum atomic E-state index is 0.0679. The van der Waals surface area contributed by atoms with Crippen molar-refractivity contribution in [3.05, 3.63) is 76.2 Å². The van der Waals surface area contributed by atoms with Gasteiger partial charge in [0.25, 0.3) is 0 Å². The second-order valence-corrected chi connectivity index (χ2v) is 12.2. The van der Waals surface area contributed by atoms with Crippen molar-refractivity contribution in [3.63, 3.8) is 0 Å². The maximum Gasteiger partial charge on any atom is 0.225 e. The van der Waals surface area contributed by atoms with Gasteiger partial charge in [0.15, 0.2) is 12.7 Å². The molecule has 0 bridgehead atoms. The highest BCUT2D eigenvalue weighted by Crippen LogP contribution is 2.23. The molecule has 0 saturated heterocycles. The number of ether oxygens (including phenoxy) is 1. The Morgan fingerprint density at radius 2 is 1.55 bits per heavy atom. The molecule has 3 rings (SSSR count). The molecule has 0 atom stereocenters. The number of carbonyl (C=O) groups excluding carboxylic acids is 1. The molecule has 0 N–H and O–H groups in total. The lowest BCUT2D eigenvalue weighted by Gasteiger charge is -2.23. The molecule has 4 nitrogen and oxygen atoms in total. The summed E-state index contributed by atoms with van der Waals surface area (Å²) in [6, 6.07) is 16.6. The molecule has 0 aliphatic heterocycles. The topological polar surface area (TPSA) is 33.4 Å². The van der Waals surface area contributed by atoms with Crippen molar-refractivity contribution in [1.29, 1.82) is 0 Å². The first-order valence-corrected chi connectivity index (χ1v) is 16.5. The van der Waals surface area contributed by atoms with E-state index in [1.165, 1.54) is 81.1 Å². The smallest absolute Gasteiger partial charge is 0.225 e. The van der Waals surface area contributed by atoms with Gasteiger partial charge in [-0.25, -0.2) is 0 Å². The fourth-order valence-electron chi connectivity index (χ4n) is 5.24. The summed E-state index contributed by atoms with van der Waals surface area (Å²) in [4.78, 5) is 15.9. The van der Waals surface area contributed by atoms with Crippen molar-refractivity contribution in [1.82, 2.24) is 0 Å². The minimum absolute atomic E-state index is 0.0679. The molecule has 0 fully saturated rings. The van der Waals surface area contributed by atoms with Crippen LogP contribution in [0.1, 0.15) is 107 Å². The number of thiazole rings is 1. The zero-order valence-electron chi connectivity index (χ0n) is 25.2. The predicted octanol–water partition coefficient (Wildman–Crippen LogP) is 9.07. The highest BCUT2D eigenvalue weighted by molar-refractivity contribution is 7.09. The summed E-state index contributed by atoms with van der Waals surface area (Å²) in [5, 5.41) is 0. The number of aromatic nitrogens is 1. The molecule has 2 aromatic carbocycles. The van der Waals surface area contributed by atoms with Crippen LogP contribution in [0.4, 0.5) is 5.69 Å². The molecular weight excluding hydrogens is 512 g/mol. The van der Waals surface area contributed by atoms with Crippen LogP contribution in [0.2, 0.25) is 0 Å². The summed E-state index contributed by atoms with van der Waals surface area (Å²) in [5.41, 5.74) is 5.47. The lowest BCUT2D eigenvalue weighted by atomic mass is 10.1. The van der Waals surface area contributed by atoms with Crippen LogP contribution in [-0.4, -0.2) is 19.1 Å². The first-order chi connectivity index (χ1) is 19.6. The van der Waals surface area contributed by atoms with E-state index in [1.807, 2.05) is 23.1 Å². The lowest BCUT2D eigenvalue weighted by molar-refractivity contribution is -0.683. The predicted molar refractivity (Wildman–Crippen MR) is 170 cm³/mol. The molecule has 0 aliphatic carbocycles. The van der Waals surface area contributed by atoms with Gasteiger partial charge in [0.1, 0.15) is 5.75 Å². The first-order valence-electron chi connectivity index (χ1n) is 15.6. The summed E-state index contributed by atoms with van der Waals surface area (Å²) < 4.78 is 8.27. The molecular formula is C35H51N2O2S+. The van der Waals surface area contributed by atoms with Crippen LogP contribution in [-0.2, 0) is 17.8 Å². The number of rotatable bonds is 20. The molecule has 40 heavy (non-hydrogen) atoms. The molecule has 0 aliphatic rings. The first kappa shape index (κ1) is 31.9. The molecule has 0 saturated carbocycles. The van der Waals surface area contributed by atoms with Crippen molar-refractivity contribution in [2.45, 2.75) is 111 Å². The third kappa shape index (κ3) is 11.8. The van der Waals surface area contributed by atoms with Gasteiger partial charge in [-0.2, -0.15) is 4.57 Å². The average Bonchev–Trinajstić information content (AvgIpc) is 3.36. The Kier molecular flexibility index (Phi) is 14.9. The number of unbranched alkanes of at least 4 members (excludes halogenated alkanes) is 11. The van der Waals surface area contributed by atoms with E-state index in [4.69, 9.17) is 4.74 Å². The van der Waals surface area contributed by atoms with Crippen LogP contribution < -0.4 is 14.2 Å². The van der Waals surface area contributed by atoms with E-state index in [9.17, 15) is 4.79 Å². The number of amides is 1. The van der Waals surface area contributed by atoms with Gasteiger partial charge in [0, 0.05) is 19.0 Å². The standard InChI is InChI=1S/C35H51N2O2S/c1-4-5-6-7-8-9-10-11-12-13-14-17-25-39-34-21-18-19-32(26-34)23-24-37(31(3)38)35-22-16-15-20-33(35)28-36-27-30(2)40-29-36/h15-16,18-22,26-27,29H,4-14,17,23-25,28H2,1-3H3/q+1. The van der Waals surface area contributed by atoms with Gasteiger partial charge in [-0.3, -0.25) is 4.79 Å². The van der Waals surface area contributed by atoms with E-state index in [-0.39, 0.29) is 5.91 Å². The minimum Gasteiger partial charge on any atom is -0.494 e. The average molecular weight is 564 g/mol. The van der Waals surface area contributed by atoms with Crippen LogP contribution >= 0.6 is 11.3 Å². The molecule has 5 heteroatoms. The molecule has 0 spiro atoms. The van der Waals surface area contributed by atoms with Gasteiger partial charge in [0.2, 0.25) is 11.4 Å². The van der Waals surface area contributed by atoms with Crippen LogP contribution in [0, 0.1) is 6.92 Å². The van der Waals surface area contributed by atoms with Gasteiger partial charge in [-0.15, -0.1) is 0 Å². The molecule has 0 radical (unpaired) electrons. The Morgan fingerprint density at radius 3 is 2.20 bits per heavy atom. The van der Waals surface area contributed by atoms with Crippen molar-refractivity contribution in [3.8, 4) is 5.75 Å². The summed E-state index contributed by atoms with van der Waals surface area (Å²) in [6.07, 6.45) is 19.1. The highest BCUT2D eigenvalue weighted by Gasteiger charge is 2.18. The molecule has 1 amide bonds. The number of anilines is 1. The van der Waals surface area contributed by atoms with E-state index in [1.54, 1.807) is 18.3 Å². The van der Waals surface area contributed by atoms with Gasteiger partial charge in [0.05, 0.1) is 17.2 Å². The zero-order chi connectivity index (χ0) is 28.4. The number of hydrogen-bond acceptors (Lipinski definition) is 3.